The highest BCUT2D eigenvalue weighted by Crippen LogP contribution is 2.26. The van der Waals surface area contributed by atoms with Crippen LogP contribution in [0.4, 0.5) is 5.82 Å². The van der Waals surface area contributed by atoms with Gasteiger partial charge >= 0.3 is 0 Å². The van der Waals surface area contributed by atoms with Crippen molar-refractivity contribution < 1.29 is 13.5 Å². The minimum Gasteiger partial charge on any atom is -0.393 e. The molecule has 1 aromatic rings. The molecule has 0 atom stereocenters. The normalized spacial score (nSPS) is 18.1. The molecule has 112 valence electrons. The largest absolute Gasteiger partial charge is 0.393 e. The van der Waals surface area contributed by atoms with Gasteiger partial charge in [-0.25, -0.2) is 13.4 Å². The van der Waals surface area contributed by atoms with E-state index in [1.807, 2.05) is 6.92 Å². The number of aliphatic hydroxyl groups is 1. The zero-order valence-corrected chi connectivity index (χ0v) is 12.8. The molecule has 0 aliphatic carbocycles. The highest BCUT2D eigenvalue weighted by atomic mass is 35.5. The number of aliphatic hydroxyl groups excluding tert-OH is 1. The van der Waals surface area contributed by atoms with Crippen LogP contribution in [0.5, 0.6) is 0 Å². The van der Waals surface area contributed by atoms with Crippen molar-refractivity contribution in [2.24, 2.45) is 0 Å². The number of halogens is 1. The van der Waals surface area contributed by atoms with E-state index in [1.165, 1.54) is 16.6 Å². The highest BCUT2D eigenvalue weighted by Gasteiger charge is 2.29. The van der Waals surface area contributed by atoms with Crippen molar-refractivity contribution in [3.63, 3.8) is 0 Å². The maximum absolute atomic E-state index is 12.4. The molecule has 8 heteroatoms. The van der Waals surface area contributed by atoms with Crippen LogP contribution in [0.25, 0.3) is 0 Å². The third kappa shape index (κ3) is 3.22. The number of rotatable bonds is 4. The van der Waals surface area contributed by atoms with Gasteiger partial charge in [0.25, 0.3) is 0 Å². The number of anilines is 1. The van der Waals surface area contributed by atoms with Crippen molar-refractivity contribution in [1.82, 2.24) is 9.29 Å². The molecule has 20 heavy (non-hydrogen) atoms. The van der Waals surface area contributed by atoms with Gasteiger partial charge in [0.1, 0.15) is 10.7 Å². The second-order valence-electron chi connectivity index (χ2n) is 4.67. The summed E-state index contributed by atoms with van der Waals surface area (Å²) in [4.78, 5) is 4.13. The van der Waals surface area contributed by atoms with Crippen LogP contribution >= 0.6 is 11.6 Å². The molecule has 1 aliphatic rings. The summed E-state index contributed by atoms with van der Waals surface area (Å²) in [5.74, 6) is 0.474. The van der Waals surface area contributed by atoms with E-state index in [2.05, 4.69) is 10.3 Å². The SMILES string of the molecule is CCNc1ncc(S(=O)(=O)N2CCC(O)CC2)cc1Cl. The van der Waals surface area contributed by atoms with Crippen LogP contribution in [0, 0.1) is 0 Å². The number of hydrogen-bond donors (Lipinski definition) is 2. The van der Waals surface area contributed by atoms with Crippen molar-refractivity contribution >= 4 is 27.4 Å². The standard InChI is InChI=1S/C12H18ClN3O3S/c1-2-14-12-11(13)7-10(8-15-12)20(18,19)16-5-3-9(17)4-6-16/h7-9,17H,2-6H2,1H3,(H,14,15). The number of hydrogen-bond acceptors (Lipinski definition) is 5. The van der Waals surface area contributed by atoms with Crippen molar-refractivity contribution in [1.29, 1.82) is 0 Å². The Kier molecular flexibility index (Phi) is 4.85. The van der Waals surface area contributed by atoms with Crippen LogP contribution in [0.1, 0.15) is 19.8 Å². The van der Waals surface area contributed by atoms with Crippen LogP contribution in [-0.2, 0) is 10.0 Å². The molecule has 0 spiro atoms. The molecule has 0 amide bonds. The third-order valence-electron chi connectivity index (χ3n) is 3.22. The van der Waals surface area contributed by atoms with E-state index < -0.39 is 16.1 Å². The van der Waals surface area contributed by atoms with Crippen LogP contribution in [0.15, 0.2) is 17.2 Å². The van der Waals surface area contributed by atoms with Crippen molar-refractivity contribution in [3.8, 4) is 0 Å². The topological polar surface area (TPSA) is 82.5 Å². The number of sulfonamides is 1. The first kappa shape index (κ1) is 15.5. The lowest BCUT2D eigenvalue weighted by Gasteiger charge is -2.28. The highest BCUT2D eigenvalue weighted by molar-refractivity contribution is 7.89. The smallest absolute Gasteiger partial charge is 0.244 e. The fourth-order valence-electron chi connectivity index (χ4n) is 2.09. The number of piperidine rings is 1. The molecule has 2 heterocycles. The van der Waals surface area contributed by atoms with Gasteiger partial charge in [-0.2, -0.15) is 4.31 Å². The Hall–Kier alpha value is -0.890. The molecular formula is C12H18ClN3O3S. The molecule has 1 aliphatic heterocycles. The molecule has 0 aromatic carbocycles. The van der Waals surface area contributed by atoms with Gasteiger partial charge in [0.2, 0.25) is 10.0 Å². The molecule has 1 aromatic heterocycles. The van der Waals surface area contributed by atoms with E-state index in [0.29, 0.717) is 38.3 Å². The number of nitrogens with zero attached hydrogens (tertiary/aromatic N) is 2. The van der Waals surface area contributed by atoms with E-state index in [-0.39, 0.29) is 9.92 Å². The lowest BCUT2D eigenvalue weighted by Crippen LogP contribution is -2.40. The first-order valence-electron chi connectivity index (χ1n) is 6.52. The van der Waals surface area contributed by atoms with E-state index in [9.17, 15) is 13.5 Å². The Balaban J connectivity index is 2.23. The summed E-state index contributed by atoms with van der Waals surface area (Å²) >= 11 is 6.03. The van der Waals surface area contributed by atoms with Gasteiger partial charge in [0.15, 0.2) is 0 Å². The summed E-state index contributed by atoms with van der Waals surface area (Å²) in [7, 11) is -3.59. The van der Waals surface area contributed by atoms with Gasteiger partial charge in [-0.3, -0.25) is 0 Å². The zero-order valence-electron chi connectivity index (χ0n) is 11.2. The van der Waals surface area contributed by atoms with Gasteiger partial charge < -0.3 is 10.4 Å². The number of pyridine rings is 1. The molecule has 2 N–H and O–H groups in total. The van der Waals surface area contributed by atoms with Crippen LogP contribution in [0.3, 0.4) is 0 Å². The average Bonchev–Trinajstić information content (AvgIpc) is 2.41. The fraction of sp³-hybridized carbons (Fsp3) is 0.583. The minimum atomic E-state index is -3.59. The summed E-state index contributed by atoms with van der Waals surface area (Å²) in [6.07, 6.45) is 1.80. The maximum Gasteiger partial charge on any atom is 0.244 e. The molecule has 1 saturated heterocycles. The summed E-state index contributed by atoms with van der Waals surface area (Å²) in [5.41, 5.74) is 0. The second kappa shape index (κ2) is 6.26. The van der Waals surface area contributed by atoms with Crippen molar-refractivity contribution in [3.05, 3.63) is 17.3 Å². The Bertz CT molecular complexity index is 571. The Labute approximate surface area is 123 Å². The van der Waals surface area contributed by atoms with Crippen LogP contribution < -0.4 is 5.32 Å². The Morgan fingerprint density at radius 1 is 1.50 bits per heavy atom. The van der Waals surface area contributed by atoms with Crippen molar-refractivity contribution in [2.45, 2.75) is 30.8 Å². The molecule has 1 fully saturated rings. The van der Waals surface area contributed by atoms with Crippen molar-refractivity contribution in [2.75, 3.05) is 25.0 Å². The van der Waals surface area contributed by atoms with Gasteiger partial charge in [-0.15, -0.1) is 0 Å². The molecule has 0 saturated carbocycles. The lowest BCUT2D eigenvalue weighted by atomic mass is 10.1. The first-order chi connectivity index (χ1) is 9.45. The molecule has 0 bridgehead atoms. The van der Waals surface area contributed by atoms with Gasteiger partial charge in [-0.1, -0.05) is 11.6 Å². The molecule has 6 nitrogen and oxygen atoms in total. The maximum atomic E-state index is 12.4. The molecule has 0 radical (unpaired) electrons. The van der Waals surface area contributed by atoms with Gasteiger partial charge in [-0.05, 0) is 25.8 Å². The Morgan fingerprint density at radius 2 is 2.15 bits per heavy atom. The van der Waals surface area contributed by atoms with Crippen LogP contribution in [-0.4, -0.2) is 48.6 Å². The lowest BCUT2D eigenvalue weighted by molar-refractivity contribution is 0.113. The third-order valence-corrected chi connectivity index (χ3v) is 5.37. The summed E-state index contributed by atoms with van der Waals surface area (Å²) in [6.45, 7) is 3.19. The molecule has 0 unspecified atom stereocenters. The number of aromatic nitrogens is 1. The van der Waals surface area contributed by atoms with Gasteiger partial charge in [0, 0.05) is 25.8 Å². The van der Waals surface area contributed by atoms with Crippen LogP contribution in [0.2, 0.25) is 5.02 Å². The molecule has 2 rings (SSSR count). The van der Waals surface area contributed by atoms with E-state index in [0.717, 1.165) is 0 Å². The molecular weight excluding hydrogens is 302 g/mol. The quantitative estimate of drug-likeness (QED) is 0.874. The summed E-state index contributed by atoms with van der Waals surface area (Å²) in [5, 5.41) is 12.7. The number of nitrogens with one attached hydrogen (secondary N) is 1. The minimum absolute atomic E-state index is 0.0838. The average molecular weight is 320 g/mol. The Morgan fingerprint density at radius 3 is 2.70 bits per heavy atom. The van der Waals surface area contributed by atoms with E-state index in [1.54, 1.807) is 0 Å². The predicted octanol–water partition coefficient (Wildman–Crippen LogP) is 1.31. The zero-order chi connectivity index (χ0) is 14.8. The van der Waals surface area contributed by atoms with E-state index >= 15 is 0 Å². The first-order valence-corrected chi connectivity index (χ1v) is 8.34. The second-order valence-corrected chi connectivity index (χ2v) is 7.01. The van der Waals surface area contributed by atoms with E-state index in [4.69, 9.17) is 11.6 Å². The monoisotopic (exact) mass is 319 g/mol. The summed E-state index contributed by atoms with van der Waals surface area (Å²) < 4.78 is 26.2. The fourth-order valence-corrected chi connectivity index (χ4v) is 3.83. The summed E-state index contributed by atoms with van der Waals surface area (Å²) in [6, 6.07) is 1.41. The van der Waals surface area contributed by atoms with Gasteiger partial charge in [0.05, 0.1) is 11.1 Å². The predicted molar refractivity (Wildman–Crippen MR) is 77.4 cm³/mol.